The summed E-state index contributed by atoms with van der Waals surface area (Å²) in [7, 11) is 1.87. The van der Waals surface area contributed by atoms with Crippen LogP contribution >= 0.6 is 23.5 Å². The summed E-state index contributed by atoms with van der Waals surface area (Å²) in [5, 5.41) is 22.8. The lowest BCUT2D eigenvalue weighted by molar-refractivity contribution is -0.112. The summed E-state index contributed by atoms with van der Waals surface area (Å²) in [6.07, 6.45) is 0. The molecule has 0 amide bonds. The van der Waals surface area contributed by atoms with Gasteiger partial charge in [0, 0.05) is 11.9 Å². The number of para-hydroxylation sites is 2. The van der Waals surface area contributed by atoms with Gasteiger partial charge in [-0.1, -0.05) is 53.9 Å². The smallest absolute Gasteiger partial charge is 0.214 e. The second kappa shape index (κ2) is 8.34. The van der Waals surface area contributed by atoms with Crippen molar-refractivity contribution in [3.05, 3.63) is 64.2 Å². The molecular formula is C21H18N6OS2. The molecule has 0 fully saturated rings. The molecule has 0 saturated carbocycles. The monoisotopic (exact) mass is 434 g/mol. The Morgan fingerprint density at radius 3 is 2.60 bits per heavy atom. The maximum Gasteiger partial charge on any atom is 0.214 e. The molecule has 0 atom stereocenters. The summed E-state index contributed by atoms with van der Waals surface area (Å²) in [6, 6.07) is 15.9. The summed E-state index contributed by atoms with van der Waals surface area (Å²) in [5.41, 5.74) is 4.12. The van der Waals surface area contributed by atoms with Crippen LogP contribution in [0.5, 0.6) is 0 Å². The Labute approximate surface area is 182 Å². The molecule has 0 bridgehead atoms. The third kappa shape index (κ3) is 3.60. The first-order chi connectivity index (χ1) is 14.5. The van der Waals surface area contributed by atoms with Crippen molar-refractivity contribution in [2.24, 2.45) is 0 Å². The van der Waals surface area contributed by atoms with E-state index in [1.165, 1.54) is 23.5 Å². The van der Waals surface area contributed by atoms with Crippen molar-refractivity contribution in [1.29, 1.82) is 5.26 Å². The zero-order valence-corrected chi connectivity index (χ0v) is 18.3. The maximum atomic E-state index is 12.9. The summed E-state index contributed by atoms with van der Waals surface area (Å²) >= 11 is 2.67. The summed E-state index contributed by atoms with van der Waals surface area (Å²) in [4.78, 5) is 15.8. The first kappa shape index (κ1) is 20.2. The molecule has 0 N–H and O–H groups in total. The van der Waals surface area contributed by atoms with Crippen LogP contribution in [0.15, 0.2) is 63.1 Å². The number of carbonyl (C=O) groups is 1. The number of allylic oxidation sites excluding steroid dienone is 1. The van der Waals surface area contributed by atoms with E-state index in [0.717, 1.165) is 27.4 Å². The van der Waals surface area contributed by atoms with Gasteiger partial charge in [-0.25, -0.2) is 0 Å². The highest BCUT2D eigenvalue weighted by Crippen LogP contribution is 2.46. The molecule has 30 heavy (non-hydrogen) atoms. The number of thioether (sulfide) groups is 2. The number of nitriles is 1. The molecule has 0 aliphatic carbocycles. The Morgan fingerprint density at radius 1 is 1.17 bits per heavy atom. The number of tetrazole rings is 1. The normalized spacial score (nSPS) is 14.4. The highest BCUT2D eigenvalue weighted by Gasteiger charge is 2.28. The van der Waals surface area contributed by atoms with Gasteiger partial charge in [0.2, 0.25) is 5.16 Å². The molecule has 3 aromatic rings. The summed E-state index contributed by atoms with van der Waals surface area (Å²) in [6.45, 7) is 3.99. The van der Waals surface area contributed by atoms with Crippen LogP contribution in [-0.4, -0.2) is 38.8 Å². The van der Waals surface area contributed by atoms with Crippen molar-refractivity contribution >= 4 is 35.0 Å². The number of aromatic nitrogens is 4. The van der Waals surface area contributed by atoms with Gasteiger partial charge in [0.25, 0.3) is 0 Å². The van der Waals surface area contributed by atoms with Crippen molar-refractivity contribution < 1.29 is 4.79 Å². The fourth-order valence-electron chi connectivity index (χ4n) is 3.30. The number of Topliss-reactive ketones (excluding diaryl/α,β-unsaturated/α-hetero) is 1. The number of anilines is 1. The Morgan fingerprint density at radius 2 is 1.90 bits per heavy atom. The van der Waals surface area contributed by atoms with Crippen LogP contribution in [0.4, 0.5) is 5.69 Å². The molecule has 9 heteroatoms. The first-order valence-electron chi connectivity index (χ1n) is 9.17. The number of carbonyl (C=O) groups excluding carboxylic acids is 1. The first-order valence-corrected chi connectivity index (χ1v) is 11.0. The second-order valence-corrected chi connectivity index (χ2v) is 8.72. The number of hydrogen-bond donors (Lipinski definition) is 0. The van der Waals surface area contributed by atoms with Gasteiger partial charge < -0.3 is 4.90 Å². The van der Waals surface area contributed by atoms with E-state index in [-0.39, 0.29) is 17.1 Å². The number of ketones is 1. The topological polar surface area (TPSA) is 87.7 Å². The quantitative estimate of drug-likeness (QED) is 0.339. The van der Waals surface area contributed by atoms with Crippen LogP contribution in [-0.2, 0) is 4.79 Å². The fourth-order valence-corrected chi connectivity index (χ4v) is 5.21. The van der Waals surface area contributed by atoms with Crippen molar-refractivity contribution in [1.82, 2.24) is 20.2 Å². The van der Waals surface area contributed by atoms with E-state index in [1.807, 2.05) is 68.3 Å². The van der Waals surface area contributed by atoms with E-state index < -0.39 is 0 Å². The molecule has 150 valence electrons. The fraction of sp³-hybridized carbons (Fsp3) is 0.190. The maximum absolute atomic E-state index is 12.9. The lowest BCUT2D eigenvalue weighted by atomic mass is 10.1. The molecule has 0 spiro atoms. The number of fused-ring (bicyclic) bond motifs is 1. The molecule has 0 saturated heterocycles. The highest BCUT2D eigenvalue weighted by molar-refractivity contribution is 8.03. The van der Waals surface area contributed by atoms with Crippen LogP contribution in [0.1, 0.15) is 11.1 Å². The third-order valence-corrected chi connectivity index (χ3v) is 6.92. The number of rotatable bonds is 5. The van der Waals surface area contributed by atoms with Gasteiger partial charge in [0.1, 0.15) is 16.7 Å². The minimum absolute atomic E-state index is 0.0719. The average Bonchev–Trinajstić information content (AvgIpc) is 3.32. The van der Waals surface area contributed by atoms with Gasteiger partial charge in [0.15, 0.2) is 5.78 Å². The molecule has 1 aliphatic rings. The lowest BCUT2D eigenvalue weighted by Gasteiger charge is -2.14. The molecule has 2 heterocycles. The van der Waals surface area contributed by atoms with E-state index in [4.69, 9.17) is 0 Å². The largest absolute Gasteiger partial charge is 0.337 e. The van der Waals surface area contributed by atoms with E-state index in [0.29, 0.717) is 10.2 Å². The van der Waals surface area contributed by atoms with Crippen LogP contribution < -0.4 is 4.90 Å². The van der Waals surface area contributed by atoms with Gasteiger partial charge in [-0.3, -0.25) is 4.79 Å². The number of nitrogens with zero attached hydrogens (tertiary/aromatic N) is 6. The SMILES string of the molecule is Cc1cccc(C)c1-n1nnnc1SCC(=O)/C(C#N)=C1\Sc2ccccc2N1C. The van der Waals surface area contributed by atoms with Crippen molar-refractivity contribution in [3.63, 3.8) is 0 Å². The Hall–Kier alpha value is -3.09. The minimum atomic E-state index is -0.249. The zero-order valence-electron chi connectivity index (χ0n) is 16.7. The number of hydrogen-bond acceptors (Lipinski definition) is 8. The molecule has 0 unspecified atom stereocenters. The molecule has 1 aromatic heterocycles. The molecule has 4 rings (SSSR count). The molecule has 7 nitrogen and oxygen atoms in total. The lowest BCUT2D eigenvalue weighted by Crippen LogP contribution is -2.16. The van der Waals surface area contributed by atoms with Crippen molar-refractivity contribution in [2.75, 3.05) is 17.7 Å². The standard InChI is InChI=1S/C21H18N6OS2/c1-13-7-6-8-14(2)19(13)27-21(23-24-25-27)29-12-17(28)15(11-22)20-26(3)16-9-4-5-10-18(16)30-20/h4-10H,12H2,1-3H3/b20-15-. The van der Waals surface area contributed by atoms with E-state index in [2.05, 4.69) is 21.6 Å². The molecule has 2 aromatic carbocycles. The van der Waals surface area contributed by atoms with Crippen molar-refractivity contribution in [3.8, 4) is 11.8 Å². The Kier molecular flexibility index (Phi) is 5.61. The molecular weight excluding hydrogens is 416 g/mol. The van der Waals surface area contributed by atoms with Crippen LogP contribution in [0.3, 0.4) is 0 Å². The highest BCUT2D eigenvalue weighted by atomic mass is 32.2. The van der Waals surface area contributed by atoms with Gasteiger partial charge >= 0.3 is 0 Å². The van der Waals surface area contributed by atoms with Crippen LogP contribution in [0, 0.1) is 25.2 Å². The van der Waals surface area contributed by atoms with Crippen molar-refractivity contribution in [2.45, 2.75) is 23.9 Å². The number of aryl methyl sites for hydroxylation is 2. The predicted octanol–water partition coefficient (Wildman–Crippen LogP) is 3.92. The zero-order chi connectivity index (χ0) is 21.3. The Balaban J connectivity index is 1.57. The minimum Gasteiger partial charge on any atom is -0.337 e. The Bertz CT molecular complexity index is 1190. The number of benzene rings is 2. The summed E-state index contributed by atoms with van der Waals surface area (Å²) in [5.74, 6) is -0.177. The van der Waals surface area contributed by atoms with E-state index >= 15 is 0 Å². The van der Waals surface area contributed by atoms with Gasteiger partial charge in [-0.2, -0.15) is 9.94 Å². The van der Waals surface area contributed by atoms with E-state index in [1.54, 1.807) is 4.68 Å². The average molecular weight is 435 g/mol. The van der Waals surface area contributed by atoms with Gasteiger partial charge in [-0.15, -0.1) is 5.10 Å². The predicted molar refractivity (Wildman–Crippen MR) is 118 cm³/mol. The third-order valence-electron chi connectivity index (χ3n) is 4.77. The van der Waals surface area contributed by atoms with Gasteiger partial charge in [0.05, 0.1) is 17.1 Å². The van der Waals surface area contributed by atoms with Crippen LogP contribution in [0.2, 0.25) is 0 Å². The van der Waals surface area contributed by atoms with Gasteiger partial charge in [-0.05, 0) is 47.5 Å². The second-order valence-electron chi connectivity index (χ2n) is 6.75. The molecule has 0 radical (unpaired) electrons. The van der Waals surface area contributed by atoms with E-state index in [9.17, 15) is 10.1 Å². The molecule has 1 aliphatic heterocycles. The summed E-state index contributed by atoms with van der Waals surface area (Å²) < 4.78 is 1.65. The van der Waals surface area contributed by atoms with Crippen LogP contribution in [0.25, 0.3) is 5.69 Å².